The summed E-state index contributed by atoms with van der Waals surface area (Å²) in [5.41, 5.74) is 0.842. The zero-order chi connectivity index (χ0) is 18.1. The zero-order valence-electron chi connectivity index (χ0n) is 15.3. The van der Waals surface area contributed by atoms with E-state index in [1.54, 1.807) is 36.7 Å². The van der Waals surface area contributed by atoms with E-state index in [9.17, 15) is 10.2 Å². The van der Waals surface area contributed by atoms with Crippen molar-refractivity contribution in [2.75, 3.05) is 0 Å². The van der Waals surface area contributed by atoms with Crippen molar-refractivity contribution < 1.29 is 10.2 Å². The summed E-state index contributed by atoms with van der Waals surface area (Å²) in [5, 5.41) is 22.2. The van der Waals surface area contributed by atoms with Gasteiger partial charge in [0.25, 0.3) is 0 Å². The summed E-state index contributed by atoms with van der Waals surface area (Å²) in [6, 6.07) is 7.11. The molecule has 2 N–H and O–H groups in total. The highest BCUT2D eigenvalue weighted by molar-refractivity contribution is 6.03. The van der Waals surface area contributed by atoms with Crippen LogP contribution in [0.25, 0.3) is 10.8 Å². The van der Waals surface area contributed by atoms with Gasteiger partial charge in [0.05, 0.1) is 11.1 Å². The minimum absolute atomic E-state index is 0.120. The lowest BCUT2D eigenvalue weighted by Crippen LogP contribution is -2.09. The standard InChI is InChI=1S/C20H26N2O2/c1-19(2,3)21-11-13-7-9-16-15(17(13)23)10-8-14(18(16)24)12-22-20(4,5)6/h7-12,23-24H,1-6H3. The average Bonchev–Trinajstić information content (AvgIpc) is 2.44. The van der Waals surface area contributed by atoms with E-state index >= 15 is 0 Å². The predicted octanol–water partition coefficient (Wildman–Crippen LogP) is 4.69. The summed E-state index contributed by atoms with van der Waals surface area (Å²) in [6.07, 6.45) is 3.33. The first-order chi connectivity index (χ1) is 11.0. The molecule has 0 aliphatic heterocycles. The summed E-state index contributed by atoms with van der Waals surface area (Å²) in [5.74, 6) is 0.241. The van der Waals surface area contributed by atoms with Crippen molar-refractivity contribution >= 4 is 23.2 Å². The first-order valence-electron chi connectivity index (χ1n) is 8.06. The lowest BCUT2D eigenvalue weighted by atomic mass is 10.0. The van der Waals surface area contributed by atoms with Crippen LogP contribution in [0.2, 0.25) is 0 Å². The van der Waals surface area contributed by atoms with E-state index in [1.165, 1.54) is 0 Å². The normalized spacial score (nSPS) is 13.4. The number of phenolic OH excluding ortho intramolecular Hbond substituents is 2. The minimum Gasteiger partial charge on any atom is -0.507 e. The molecule has 4 nitrogen and oxygen atoms in total. The second-order valence-corrected chi connectivity index (χ2v) is 7.96. The molecule has 2 rings (SSSR count). The van der Waals surface area contributed by atoms with E-state index in [4.69, 9.17) is 0 Å². The molecule has 4 heteroatoms. The number of benzene rings is 2. The summed E-state index contributed by atoms with van der Waals surface area (Å²) < 4.78 is 0. The van der Waals surface area contributed by atoms with Crippen LogP contribution in [0.1, 0.15) is 52.7 Å². The van der Waals surface area contributed by atoms with Crippen LogP contribution in [0.5, 0.6) is 11.5 Å². The average molecular weight is 326 g/mol. The molecule has 0 aliphatic carbocycles. The van der Waals surface area contributed by atoms with Gasteiger partial charge in [-0.1, -0.05) is 0 Å². The van der Waals surface area contributed by atoms with E-state index < -0.39 is 0 Å². The molecule has 0 aliphatic rings. The number of hydrogen-bond donors (Lipinski definition) is 2. The first kappa shape index (κ1) is 18.0. The molecule has 0 radical (unpaired) electrons. The molecule has 2 aromatic rings. The van der Waals surface area contributed by atoms with Crippen LogP contribution in [-0.2, 0) is 0 Å². The Kier molecular flexibility index (Phi) is 4.70. The highest BCUT2D eigenvalue weighted by Gasteiger charge is 2.13. The Morgan fingerprint density at radius 2 is 1.00 bits per heavy atom. The van der Waals surface area contributed by atoms with Gasteiger partial charge in [-0.05, 0) is 65.8 Å². The summed E-state index contributed by atoms with van der Waals surface area (Å²) in [7, 11) is 0. The van der Waals surface area contributed by atoms with E-state index in [0.29, 0.717) is 21.9 Å². The molecule has 2 aromatic carbocycles. The third-order valence-corrected chi connectivity index (χ3v) is 3.39. The van der Waals surface area contributed by atoms with E-state index in [0.717, 1.165) is 0 Å². The number of phenols is 2. The van der Waals surface area contributed by atoms with Gasteiger partial charge in [-0.25, -0.2) is 0 Å². The SMILES string of the molecule is CC(C)(C)N=Cc1ccc2c(O)c(C=NC(C)(C)C)ccc2c1O. The highest BCUT2D eigenvalue weighted by Crippen LogP contribution is 2.35. The quantitative estimate of drug-likeness (QED) is 0.787. The van der Waals surface area contributed by atoms with Crippen LogP contribution in [0, 0.1) is 0 Å². The molecule has 0 saturated heterocycles. The Balaban J connectivity index is 2.51. The summed E-state index contributed by atoms with van der Waals surface area (Å²) in [6.45, 7) is 12.0. The number of rotatable bonds is 2. The fourth-order valence-electron chi connectivity index (χ4n) is 2.14. The number of nitrogens with zero attached hydrogens (tertiary/aromatic N) is 2. The Morgan fingerprint density at radius 1 is 0.667 bits per heavy atom. The lowest BCUT2D eigenvalue weighted by molar-refractivity contribution is 0.474. The fourth-order valence-corrected chi connectivity index (χ4v) is 2.14. The Labute approximate surface area is 143 Å². The molecule has 0 amide bonds. The van der Waals surface area contributed by atoms with Crippen molar-refractivity contribution in [3.8, 4) is 11.5 Å². The maximum atomic E-state index is 10.5. The van der Waals surface area contributed by atoms with E-state index in [2.05, 4.69) is 9.98 Å². The Bertz CT molecular complexity index is 738. The van der Waals surface area contributed by atoms with Gasteiger partial charge in [-0.15, -0.1) is 0 Å². The van der Waals surface area contributed by atoms with Crippen LogP contribution >= 0.6 is 0 Å². The minimum atomic E-state index is -0.211. The second-order valence-electron chi connectivity index (χ2n) is 7.96. The van der Waals surface area contributed by atoms with Crippen molar-refractivity contribution in [3.63, 3.8) is 0 Å². The van der Waals surface area contributed by atoms with Crippen LogP contribution < -0.4 is 0 Å². The van der Waals surface area contributed by atoms with Gasteiger partial charge >= 0.3 is 0 Å². The van der Waals surface area contributed by atoms with Crippen molar-refractivity contribution in [1.29, 1.82) is 0 Å². The van der Waals surface area contributed by atoms with Crippen molar-refractivity contribution in [3.05, 3.63) is 35.4 Å². The van der Waals surface area contributed by atoms with Crippen LogP contribution in [0.3, 0.4) is 0 Å². The van der Waals surface area contributed by atoms with Crippen molar-refractivity contribution in [1.82, 2.24) is 0 Å². The van der Waals surface area contributed by atoms with Gasteiger partial charge < -0.3 is 10.2 Å². The molecule has 0 atom stereocenters. The van der Waals surface area contributed by atoms with Crippen molar-refractivity contribution in [2.45, 2.75) is 52.6 Å². The van der Waals surface area contributed by atoms with Crippen LogP contribution in [-0.4, -0.2) is 33.7 Å². The molecule has 128 valence electrons. The number of fused-ring (bicyclic) bond motifs is 1. The Hall–Kier alpha value is -2.36. The van der Waals surface area contributed by atoms with E-state index in [-0.39, 0.29) is 22.6 Å². The molecule has 24 heavy (non-hydrogen) atoms. The fraction of sp³-hybridized carbons (Fsp3) is 0.400. The van der Waals surface area contributed by atoms with Gasteiger partial charge in [0, 0.05) is 34.3 Å². The molecule has 0 saturated carbocycles. The number of aromatic hydroxyl groups is 2. The van der Waals surface area contributed by atoms with Gasteiger partial charge in [0.2, 0.25) is 0 Å². The third kappa shape index (κ3) is 4.34. The predicted molar refractivity (Wildman–Crippen MR) is 102 cm³/mol. The monoisotopic (exact) mass is 326 g/mol. The largest absolute Gasteiger partial charge is 0.507 e. The number of aliphatic imine (C=N–C) groups is 2. The zero-order valence-corrected chi connectivity index (χ0v) is 15.3. The summed E-state index contributed by atoms with van der Waals surface area (Å²) in [4.78, 5) is 8.84. The maximum Gasteiger partial charge on any atom is 0.132 e. The van der Waals surface area contributed by atoms with Gasteiger partial charge in [0.1, 0.15) is 11.5 Å². The topological polar surface area (TPSA) is 65.2 Å². The van der Waals surface area contributed by atoms with Gasteiger partial charge in [-0.3, -0.25) is 9.98 Å². The highest BCUT2D eigenvalue weighted by atomic mass is 16.3. The number of hydrogen-bond acceptors (Lipinski definition) is 4. The maximum absolute atomic E-state index is 10.5. The van der Waals surface area contributed by atoms with Gasteiger partial charge in [0.15, 0.2) is 0 Å². The second kappa shape index (κ2) is 6.27. The molecular weight excluding hydrogens is 300 g/mol. The Morgan fingerprint density at radius 3 is 1.29 bits per heavy atom. The molecule has 0 aromatic heterocycles. The third-order valence-electron chi connectivity index (χ3n) is 3.39. The van der Waals surface area contributed by atoms with Crippen LogP contribution in [0.4, 0.5) is 0 Å². The molecule has 0 bridgehead atoms. The van der Waals surface area contributed by atoms with Crippen molar-refractivity contribution in [2.24, 2.45) is 9.98 Å². The smallest absolute Gasteiger partial charge is 0.132 e. The van der Waals surface area contributed by atoms with Crippen LogP contribution in [0.15, 0.2) is 34.3 Å². The molecule has 0 heterocycles. The lowest BCUT2D eigenvalue weighted by Gasteiger charge is -2.13. The molecule has 0 unspecified atom stereocenters. The molecular formula is C20H26N2O2. The first-order valence-corrected chi connectivity index (χ1v) is 8.06. The van der Waals surface area contributed by atoms with Gasteiger partial charge in [-0.2, -0.15) is 0 Å². The molecule has 0 spiro atoms. The van der Waals surface area contributed by atoms with E-state index in [1.807, 2.05) is 41.5 Å². The molecule has 0 fully saturated rings. The summed E-state index contributed by atoms with van der Waals surface area (Å²) >= 11 is 0.